The van der Waals surface area contributed by atoms with Crippen molar-refractivity contribution in [2.24, 2.45) is 5.92 Å². The van der Waals surface area contributed by atoms with Gasteiger partial charge in [-0.1, -0.05) is 38.1 Å². The van der Waals surface area contributed by atoms with Crippen LogP contribution in [0.25, 0.3) is 0 Å². The van der Waals surface area contributed by atoms with Crippen LogP contribution >= 0.6 is 0 Å². The van der Waals surface area contributed by atoms with Crippen LogP contribution in [0.5, 0.6) is 0 Å². The Morgan fingerprint density at radius 1 is 1.33 bits per heavy atom. The molecule has 2 rings (SSSR count). The van der Waals surface area contributed by atoms with E-state index in [1.54, 1.807) is 0 Å². The number of hydrogen-bond acceptors (Lipinski definition) is 1. The van der Waals surface area contributed by atoms with Crippen molar-refractivity contribution in [1.82, 2.24) is 0 Å². The average Bonchev–Trinajstić information content (AvgIpc) is 2.97. The largest absolute Gasteiger partial charge is 0.395 e. The molecule has 1 N–H and O–H groups in total. The molecule has 1 fully saturated rings. The van der Waals surface area contributed by atoms with E-state index in [1.807, 2.05) is 0 Å². The third-order valence-corrected chi connectivity index (χ3v) is 3.34. The van der Waals surface area contributed by atoms with E-state index in [4.69, 9.17) is 0 Å². The molecular weight excluding hydrogens is 184 g/mol. The van der Waals surface area contributed by atoms with E-state index in [0.717, 1.165) is 19.3 Å². The Morgan fingerprint density at radius 2 is 2.07 bits per heavy atom. The van der Waals surface area contributed by atoms with Gasteiger partial charge >= 0.3 is 0 Å². The summed E-state index contributed by atoms with van der Waals surface area (Å²) in [5.41, 5.74) is 2.86. The Hall–Kier alpha value is -0.820. The molecule has 15 heavy (non-hydrogen) atoms. The molecule has 1 saturated carbocycles. The van der Waals surface area contributed by atoms with Crippen LogP contribution in [-0.2, 0) is 11.8 Å². The van der Waals surface area contributed by atoms with Gasteiger partial charge in [-0.25, -0.2) is 0 Å². The van der Waals surface area contributed by atoms with Crippen LogP contribution in [0.1, 0.15) is 37.8 Å². The minimum Gasteiger partial charge on any atom is -0.395 e. The van der Waals surface area contributed by atoms with Crippen LogP contribution in [0.3, 0.4) is 0 Å². The minimum absolute atomic E-state index is 0.118. The fourth-order valence-corrected chi connectivity index (χ4v) is 2.19. The van der Waals surface area contributed by atoms with Gasteiger partial charge < -0.3 is 5.11 Å². The lowest BCUT2D eigenvalue weighted by atomic mass is 9.93. The summed E-state index contributed by atoms with van der Waals surface area (Å²) in [4.78, 5) is 0. The Labute approximate surface area is 92.1 Å². The lowest BCUT2D eigenvalue weighted by Crippen LogP contribution is -2.12. The van der Waals surface area contributed by atoms with Crippen LogP contribution in [0, 0.1) is 5.92 Å². The predicted molar refractivity (Wildman–Crippen MR) is 63.0 cm³/mol. The topological polar surface area (TPSA) is 20.2 Å². The van der Waals surface area contributed by atoms with Gasteiger partial charge in [-0.15, -0.1) is 0 Å². The Balaban J connectivity index is 2.19. The number of rotatable bonds is 4. The monoisotopic (exact) mass is 204 g/mol. The van der Waals surface area contributed by atoms with Gasteiger partial charge in [0, 0.05) is 5.41 Å². The van der Waals surface area contributed by atoms with E-state index in [9.17, 15) is 5.11 Å². The van der Waals surface area contributed by atoms with Gasteiger partial charge in [-0.3, -0.25) is 0 Å². The molecule has 1 nitrogen and oxygen atoms in total. The van der Waals surface area contributed by atoms with E-state index in [-0.39, 0.29) is 5.41 Å². The lowest BCUT2D eigenvalue weighted by molar-refractivity contribution is 0.255. The number of aliphatic hydroxyl groups is 1. The summed E-state index contributed by atoms with van der Waals surface area (Å²) in [6.45, 7) is 4.79. The molecule has 1 aromatic rings. The summed E-state index contributed by atoms with van der Waals surface area (Å²) in [7, 11) is 0. The van der Waals surface area contributed by atoms with Gasteiger partial charge in [0.25, 0.3) is 0 Å². The van der Waals surface area contributed by atoms with Crippen molar-refractivity contribution in [3.8, 4) is 0 Å². The highest BCUT2D eigenvalue weighted by Gasteiger charge is 2.43. The zero-order valence-corrected chi connectivity index (χ0v) is 9.66. The summed E-state index contributed by atoms with van der Waals surface area (Å²) < 4.78 is 0. The number of benzene rings is 1. The van der Waals surface area contributed by atoms with Gasteiger partial charge in [0.1, 0.15) is 0 Å². The van der Waals surface area contributed by atoms with Crippen molar-refractivity contribution in [2.45, 2.75) is 38.5 Å². The van der Waals surface area contributed by atoms with Crippen molar-refractivity contribution in [1.29, 1.82) is 0 Å². The highest BCUT2D eigenvalue weighted by Crippen LogP contribution is 2.47. The molecule has 0 bridgehead atoms. The third kappa shape index (κ3) is 2.23. The first-order chi connectivity index (χ1) is 7.16. The first-order valence-electron chi connectivity index (χ1n) is 5.86. The summed E-state index contributed by atoms with van der Waals surface area (Å²) in [6, 6.07) is 8.76. The Morgan fingerprint density at radius 3 is 2.60 bits per heavy atom. The van der Waals surface area contributed by atoms with Crippen molar-refractivity contribution in [3.05, 3.63) is 35.4 Å². The minimum atomic E-state index is 0.118. The molecule has 1 aliphatic rings. The number of aliphatic hydroxyl groups excluding tert-OH is 1. The van der Waals surface area contributed by atoms with Crippen LogP contribution in [-0.4, -0.2) is 11.7 Å². The molecule has 0 unspecified atom stereocenters. The maximum atomic E-state index is 9.38. The molecular formula is C14H20O. The Bertz CT molecular complexity index is 337. The van der Waals surface area contributed by atoms with Crippen molar-refractivity contribution in [3.63, 3.8) is 0 Å². The molecule has 1 aliphatic carbocycles. The first-order valence-corrected chi connectivity index (χ1v) is 5.86. The summed E-state index contributed by atoms with van der Waals surface area (Å²) in [5, 5.41) is 9.38. The highest BCUT2D eigenvalue weighted by atomic mass is 16.3. The van der Waals surface area contributed by atoms with E-state index in [1.165, 1.54) is 11.1 Å². The van der Waals surface area contributed by atoms with Crippen molar-refractivity contribution in [2.75, 3.05) is 6.61 Å². The van der Waals surface area contributed by atoms with Crippen molar-refractivity contribution >= 4 is 0 Å². The van der Waals surface area contributed by atoms with Crippen molar-refractivity contribution < 1.29 is 5.11 Å². The SMILES string of the molecule is CC(C)Cc1cccc(C2(CO)CC2)c1. The fourth-order valence-electron chi connectivity index (χ4n) is 2.19. The average molecular weight is 204 g/mol. The zero-order chi connectivity index (χ0) is 10.9. The second-order valence-electron chi connectivity index (χ2n) is 5.24. The maximum Gasteiger partial charge on any atom is 0.0527 e. The number of hydrogen-bond donors (Lipinski definition) is 1. The lowest BCUT2D eigenvalue weighted by Gasteiger charge is -2.14. The van der Waals surface area contributed by atoms with E-state index in [0.29, 0.717) is 12.5 Å². The third-order valence-electron chi connectivity index (χ3n) is 3.34. The zero-order valence-electron chi connectivity index (χ0n) is 9.66. The fraction of sp³-hybridized carbons (Fsp3) is 0.571. The first kappa shape index (κ1) is 10.7. The van der Waals surface area contributed by atoms with Gasteiger partial charge in [-0.05, 0) is 36.3 Å². The smallest absolute Gasteiger partial charge is 0.0527 e. The molecule has 0 radical (unpaired) electrons. The van der Waals surface area contributed by atoms with Gasteiger partial charge in [0.15, 0.2) is 0 Å². The summed E-state index contributed by atoms with van der Waals surface area (Å²) in [6.07, 6.45) is 3.43. The van der Waals surface area contributed by atoms with Crippen LogP contribution in [0.15, 0.2) is 24.3 Å². The molecule has 0 atom stereocenters. The summed E-state index contributed by atoms with van der Waals surface area (Å²) in [5.74, 6) is 0.699. The molecule has 1 aromatic carbocycles. The Kier molecular flexibility index (Phi) is 2.83. The predicted octanol–water partition coefficient (Wildman–Crippen LogP) is 2.91. The molecule has 0 aromatic heterocycles. The van der Waals surface area contributed by atoms with Crippen LogP contribution in [0.2, 0.25) is 0 Å². The normalized spacial score (nSPS) is 18.1. The second-order valence-corrected chi connectivity index (χ2v) is 5.24. The summed E-state index contributed by atoms with van der Waals surface area (Å²) >= 11 is 0. The van der Waals surface area contributed by atoms with E-state index < -0.39 is 0 Å². The molecule has 0 amide bonds. The second kappa shape index (κ2) is 3.97. The molecule has 0 aliphatic heterocycles. The van der Waals surface area contributed by atoms with Crippen LogP contribution in [0.4, 0.5) is 0 Å². The highest BCUT2D eigenvalue weighted by molar-refractivity contribution is 5.34. The molecule has 0 spiro atoms. The van der Waals surface area contributed by atoms with E-state index >= 15 is 0 Å². The van der Waals surface area contributed by atoms with Gasteiger partial charge in [0.05, 0.1) is 6.61 Å². The van der Waals surface area contributed by atoms with Crippen LogP contribution < -0.4 is 0 Å². The maximum absolute atomic E-state index is 9.38. The standard InChI is InChI=1S/C14H20O/c1-11(2)8-12-4-3-5-13(9-12)14(10-15)6-7-14/h3-5,9,11,15H,6-8,10H2,1-2H3. The molecule has 0 heterocycles. The van der Waals surface area contributed by atoms with E-state index in [2.05, 4.69) is 38.1 Å². The van der Waals surface area contributed by atoms with Gasteiger partial charge in [0.2, 0.25) is 0 Å². The molecule has 1 heteroatoms. The molecule has 0 saturated heterocycles. The molecule has 82 valence electrons. The quantitative estimate of drug-likeness (QED) is 0.799. The van der Waals surface area contributed by atoms with Gasteiger partial charge in [-0.2, -0.15) is 0 Å².